The van der Waals surface area contributed by atoms with Crippen LogP contribution in [0.1, 0.15) is 5.69 Å². The van der Waals surface area contributed by atoms with Gasteiger partial charge in [-0.3, -0.25) is 14.5 Å². The van der Waals surface area contributed by atoms with Gasteiger partial charge in [0, 0.05) is 31.4 Å². The van der Waals surface area contributed by atoms with Crippen LogP contribution >= 0.6 is 11.8 Å². The molecule has 15 heavy (non-hydrogen) atoms. The predicted molar refractivity (Wildman–Crippen MR) is 57.0 cm³/mol. The van der Waals surface area contributed by atoms with Crippen LogP contribution in [0.15, 0.2) is 23.7 Å². The zero-order chi connectivity index (χ0) is 10.7. The van der Waals surface area contributed by atoms with Gasteiger partial charge in [0.25, 0.3) is 0 Å². The van der Waals surface area contributed by atoms with Crippen LogP contribution < -0.4 is 5.73 Å². The Bertz CT molecular complexity index is 440. The molecule has 0 saturated heterocycles. The molecule has 0 amide bonds. The van der Waals surface area contributed by atoms with E-state index in [0.29, 0.717) is 11.7 Å². The van der Waals surface area contributed by atoms with E-state index in [2.05, 4.69) is 20.2 Å². The van der Waals surface area contributed by atoms with Crippen LogP contribution in [0.25, 0.3) is 0 Å². The summed E-state index contributed by atoms with van der Waals surface area (Å²) < 4.78 is 1.74. The van der Waals surface area contributed by atoms with Crippen molar-refractivity contribution in [3.8, 4) is 0 Å². The van der Waals surface area contributed by atoms with Crippen molar-refractivity contribution >= 4 is 17.7 Å². The lowest BCUT2D eigenvalue weighted by molar-refractivity contribution is 0.795. The average molecular weight is 222 g/mol. The molecule has 2 heterocycles. The number of rotatable bonds is 3. The molecule has 7 heteroatoms. The molecule has 2 aromatic heterocycles. The van der Waals surface area contributed by atoms with Gasteiger partial charge in [-0.15, -0.1) is 10.2 Å². The van der Waals surface area contributed by atoms with Crippen LogP contribution in [0.5, 0.6) is 0 Å². The fourth-order valence-corrected chi connectivity index (χ4v) is 1.81. The van der Waals surface area contributed by atoms with Gasteiger partial charge in [-0.25, -0.2) is 0 Å². The van der Waals surface area contributed by atoms with Gasteiger partial charge in [0.2, 0.25) is 5.95 Å². The topological polar surface area (TPSA) is 82.5 Å². The molecule has 0 spiro atoms. The van der Waals surface area contributed by atoms with E-state index in [9.17, 15) is 0 Å². The van der Waals surface area contributed by atoms with Gasteiger partial charge in [-0.05, 0) is 0 Å². The normalized spacial score (nSPS) is 10.5. The molecular formula is C8H10N6S. The van der Waals surface area contributed by atoms with Gasteiger partial charge in [-0.2, -0.15) is 0 Å². The quantitative estimate of drug-likeness (QED) is 0.760. The van der Waals surface area contributed by atoms with Gasteiger partial charge in [-0.1, -0.05) is 11.8 Å². The SMILES string of the molecule is Cn1c(N)nnc1SCc1cnccn1. The molecule has 2 rings (SSSR count). The Balaban J connectivity index is 2.02. The summed E-state index contributed by atoms with van der Waals surface area (Å²) in [5.41, 5.74) is 6.46. The van der Waals surface area contributed by atoms with Gasteiger partial charge in [0.1, 0.15) is 0 Å². The van der Waals surface area contributed by atoms with E-state index in [4.69, 9.17) is 5.73 Å². The second-order valence-electron chi connectivity index (χ2n) is 2.89. The van der Waals surface area contributed by atoms with Gasteiger partial charge < -0.3 is 5.73 Å². The summed E-state index contributed by atoms with van der Waals surface area (Å²) in [6, 6.07) is 0. The molecule has 2 aromatic rings. The molecule has 0 unspecified atom stereocenters. The minimum Gasteiger partial charge on any atom is -0.368 e. The Morgan fingerprint density at radius 3 is 2.87 bits per heavy atom. The Hall–Kier alpha value is -1.63. The number of nitrogen functional groups attached to an aromatic ring is 1. The average Bonchev–Trinajstić information content (AvgIpc) is 2.59. The van der Waals surface area contributed by atoms with E-state index in [0.717, 1.165) is 10.9 Å². The fraction of sp³-hybridized carbons (Fsp3) is 0.250. The highest BCUT2D eigenvalue weighted by Crippen LogP contribution is 2.19. The number of nitrogens with two attached hydrogens (primary N) is 1. The van der Waals surface area contributed by atoms with E-state index >= 15 is 0 Å². The maximum absolute atomic E-state index is 5.56. The Kier molecular flexibility index (Phi) is 2.82. The van der Waals surface area contributed by atoms with Gasteiger partial charge >= 0.3 is 0 Å². The van der Waals surface area contributed by atoms with Crippen LogP contribution in [0, 0.1) is 0 Å². The number of nitrogens with zero attached hydrogens (tertiary/aromatic N) is 5. The summed E-state index contributed by atoms with van der Waals surface area (Å²) >= 11 is 1.53. The smallest absolute Gasteiger partial charge is 0.222 e. The zero-order valence-electron chi connectivity index (χ0n) is 8.16. The number of hydrogen-bond acceptors (Lipinski definition) is 6. The van der Waals surface area contributed by atoms with E-state index in [1.807, 2.05) is 7.05 Å². The van der Waals surface area contributed by atoms with E-state index in [1.165, 1.54) is 11.8 Å². The number of thioether (sulfide) groups is 1. The molecule has 78 valence electrons. The van der Waals surface area contributed by atoms with Gasteiger partial charge in [0.05, 0.1) is 5.69 Å². The van der Waals surface area contributed by atoms with Crippen molar-refractivity contribution < 1.29 is 0 Å². The molecule has 2 N–H and O–H groups in total. The minimum absolute atomic E-state index is 0.414. The van der Waals surface area contributed by atoms with Crippen LogP contribution in [0.4, 0.5) is 5.95 Å². The third-order valence-electron chi connectivity index (χ3n) is 1.83. The highest BCUT2D eigenvalue weighted by molar-refractivity contribution is 7.98. The number of aromatic nitrogens is 5. The van der Waals surface area contributed by atoms with Crippen molar-refractivity contribution in [3.05, 3.63) is 24.3 Å². The van der Waals surface area contributed by atoms with Crippen LogP contribution in [0.2, 0.25) is 0 Å². The molecule has 0 radical (unpaired) electrons. The molecule has 0 bridgehead atoms. The van der Waals surface area contributed by atoms with Crippen molar-refractivity contribution in [2.75, 3.05) is 5.73 Å². The van der Waals surface area contributed by atoms with Crippen molar-refractivity contribution in [1.82, 2.24) is 24.7 Å². The molecule has 0 atom stereocenters. The summed E-state index contributed by atoms with van der Waals surface area (Å²) in [5.74, 6) is 1.12. The summed E-state index contributed by atoms with van der Waals surface area (Å²) in [7, 11) is 1.83. The largest absolute Gasteiger partial charge is 0.368 e. The lowest BCUT2D eigenvalue weighted by Crippen LogP contribution is -1.98. The lowest BCUT2D eigenvalue weighted by Gasteiger charge is -2.00. The summed E-state index contributed by atoms with van der Waals surface area (Å²) in [6.07, 6.45) is 5.04. The van der Waals surface area contributed by atoms with Gasteiger partial charge in [0.15, 0.2) is 5.16 Å². The fourth-order valence-electron chi connectivity index (χ4n) is 0.995. The van der Waals surface area contributed by atoms with E-state index in [-0.39, 0.29) is 0 Å². The first-order valence-electron chi connectivity index (χ1n) is 4.30. The van der Waals surface area contributed by atoms with Crippen LogP contribution in [0.3, 0.4) is 0 Å². The third kappa shape index (κ3) is 2.24. The second kappa shape index (κ2) is 4.26. The number of anilines is 1. The minimum atomic E-state index is 0.414. The predicted octanol–water partition coefficient (Wildman–Crippen LogP) is 0.480. The van der Waals surface area contributed by atoms with Crippen LogP contribution in [-0.4, -0.2) is 24.7 Å². The number of hydrogen-bond donors (Lipinski definition) is 1. The molecular weight excluding hydrogens is 212 g/mol. The monoisotopic (exact) mass is 222 g/mol. The molecule has 0 aliphatic rings. The second-order valence-corrected chi connectivity index (χ2v) is 3.83. The molecule has 0 fully saturated rings. The lowest BCUT2D eigenvalue weighted by atomic mass is 10.5. The molecule has 0 aromatic carbocycles. The Morgan fingerprint density at radius 2 is 2.27 bits per heavy atom. The first-order valence-corrected chi connectivity index (χ1v) is 5.28. The standard InChI is InChI=1S/C8H10N6S/c1-14-7(9)12-13-8(14)15-5-6-4-10-2-3-11-6/h2-4H,5H2,1H3,(H2,9,12). The van der Waals surface area contributed by atoms with E-state index in [1.54, 1.807) is 23.2 Å². The third-order valence-corrected chi connectivity index (χ3v) is 2.89. The highest BCUT2D eigenvalue weighted by Gasteiger charge is 2.06. The summed E-state index contributed by atoms with van der Waals surface area (Å²) in [4.78, 5) is 8.14. The van der Waals surface area contributed by atoms with Crippen LogP contribution in [-0.2, 0) is 12.8 Å². The maximum atomic E-state index is 5.56. The van der Waals surface area contributed by atoms with Crippen molar-refractivity contribution in [1.29, 1.82) is 0 Å². The van der Waals surface area contributed by atoms with Crippen molar-refractivity contribution in [2.45, 2.75) is 10.9 Å². The maximum Gasteiger partial charge on any atom is 0.222 e. The summed E-state index contributed by atoms with van der Waals surface area (Å²) in [5, 5.41) is 8.47. The molecule has 6 nitrogen and oxygen atoms in total. The van der Waals surface area contributed by atoms with E-state index < -0.39 is 0 Å². The van der Waals surface area contributed by atoms with Crippen molar-refractivity contribution in [3.63, 3.8) is 0 Å². The highest BCUT2D eigenvalue weighted by atomic mass is 32.2. The van der Waals surface area contributed by atoms with Crippen molar-refractivity contribution in [2.24, 2.45) is 7.05 Å². The molecule has 0 saturated carbocycles. The Morgan fingerprint density at radius 1 is 1.40 bits per heavy atom. The molecule has 0 aliphatic carbocycles. The first kappa shape index (κ1) is 9.91. The summed E-state index contributed by atoms with van der Waals surface area (Å²) in [6.45, 7) is 0. The Labute approximate surface area is 90.9 Å². The molecule has 0 aliphatic heterocycles. The first-order chi connectivity index (χ1) is 7.27. The zero-order valence-corrected chi connectivity index (χ0v) is 8.98.